The number of nitrogens with zero attached hydrogens (tertiary/aromatic N) is 3. The van der Waals surface area contributed by atoms with Crippen LogP contribution in [0.25, 0.3) is 0 Å². The summed E-state index contributed by atoms with van der Waals surface area (Å²) in [6.45, 7) is 20.9. The lowest BCUT2D eigenvalue weighted by molar-refractivity contribution is -0.114. The minimum atomic E-state index is 0.439. The molecule has 0 aromatic heterocycles. The van der Waals surface area contributed by atoms with Crippen molar-refractivity contribution in [2.75, 3.05) is 46.8 Å². The summed E-state index contributed by atoms with van der Waals surface area (Å²) in [4.78, 5) is 10.5. The molecule has 4 fully saturated rings. The molecule has 0 spiro atoms. The number of likely N-dealkylation sites (N-methyl/N-ethyl adjacent to an activating group) is 1. The van der Waals surface area contributed by atoms with E-state index in [0.29, 0.717) is 28.2 Å². The zero-order valence-corrected chi connectivity index (χ0v) is 29.1. The van der Waals surface area contributed by atoms with Gasteiger partial charge in [-0.25, -0.2) is 0 Å². The topological polar surface area (TPSA) is 30.9 Å². The summed E-state index contributed by atoms with van der Waals surface area (Å²) in [6, 6.07) is 1.40. The van der Waals surface area contributed by atoms with Gasteiger partial charge in [0.25, 0.3) is 0 Å². The second-order valence-electron chi connectivity index (χ2n) is 16.7. The Morgan fingerprint density at radius 2 is 1.69 bits per heavy atom. The van der Waals surface area contributed by atoms with Crippen LogP contribution in [0.5, 0.6) is 0 Å². The van der Waals surface area contributed by atoms with Crippen molar-refractivity contribution < 1.29 is 0 Å². The number of fused-ring (bicyclic) bond motifs is 5. The van der Waals surface area contributed by atoms with Gasteiger partial charge in [0.15, 0.2) is 0 Å². The van der Waals surface area contributed by atoms with Crippen LogP contribution >= 0.6 is 0 Å². The van der Waals surface area contributed by atoms with Gasteiger partial charge in [-0.3, -0.25) is 9.89 Å². The third-order valence-corrected chi connectivity index (χ3v) is 14.2. The maximum Gasteiger partial charge on any atom is 0.0403 e. The summed E-state index contributed by atoms with van der Waals surface area (Å²) in [5.74, 6) is 3.27. The van der Waals surface area contributed by atoms with E-state index in [0.717, 1.165) is 50.0 Å². The highest BCUT2D eigenvalue weighted by Gasteiger charge is 2.64. The summed E-state index contributed by atoms with van der Waals surface area (Å²) < 4.78 is 0. The molecule has 4 heteroatoms. The van der Waals surface area contributed by atoms with Crippen molar-refractivity contribution in [3.63, 3.8) is 0 Å². The fourth-order valence-corrected chi connectivity index (χ4v) is 11.3. The van der Waals surface area contributed by atoms with E-state index >= 15 is 0 Å². The lowest BCUT2D eigenvalue weighted by atomic mass is 9.40. The first-order valence-corrected chi connectivity index (χ1v) is 18.3. The van der Waals surface area contributed by atoms with Gasteiger partial charge in [0.1, 0.15) is 0 Å². The molecule has 0 saturated heterocycles. The quantitative estimate of drug-likeness (QED) is 0.143. The van der Waals surface area contributed by atoms with Crippen LogP contribution in [-0.4, -0.2) is 74.4 Å². The van der Waals surface area contributed by atoms with Gasteiger partial charge >= 0.3 is 0 Å². The number of allylic oxidation sites excluding steroid dienone is 2. The van der Waals surface area contributed by atoms with Crippen LogP contribution in [0.2, 0.25) is 0 Å². The van der Waals surface area contributed by atoms with Crippen LogP contribution in [0.1, 0.15) is 125 Å². The van der Waals surface area contributed by atoms with E-state index in [1.807, 2.05) is 5.57 Å². The lowest BCUT2D eigenvalue weighted by Crippen LogP contribution is -2.57. The summed E-state index contributed by atoms with van der Waals surface area (Å²) in [5, 5.41) is 3.70. The van der Waals surface area contributed by atoms with Crippen LogP contribution in [0.4, 0.5) is 0 Å². The second kappa shape index (κ2) is 13.3. The molecule has 4 unspecified atom stereocenters. The number of nitrogens with one attached hydrogen (secondary N) is 1. The molecule has 0 radical (unpaired) electrons. The Hall–Kier alpha value is -0.710. The van der Waals surface area contributed by atoms with E-state index in [4.69, 9.17) is 4.99 Å². The average Bonchev–Trinajstić information content (AvgIpc) is 3.59. The van der Waals surface area contributed by atoms with Crippen molar-refractivity contribution in [2.45, 2.75) is 137 Å². The van der Waals surface area contributed by atoms with E-state index in [1.54, 1.807) is 0 Å². The van der Waals surface area contributed by atoms with Gasteiger partial charge in [-0.15, -0.1) is 0 Å². The number of hydrogen-bond acceptors (Lipinski definition) is 4. The Morgan fingerprint density at radius 1 is 0.952 bits per heavy atom. The van der Waals surface area contributed by atoms with Crippen LogP contribution in [-0.2, 0) is 0 Å². The van der Waals surface area contributed by atoms with Crippen molar-refractivity contribution in [2.24, 2.45) is 44.9 Å². The monoisotopic (exact) mass is 581 g/mol. The highest BCUT2D eigenvalue weighted by atomic mass is 15.2. The van der Waals surface area contributed by atoms with E-state index in [2.05, 4.69) is 76.8 Å². The molecule has 0 heterocycles. The minimum absolute atomic E-state index is 0.439. The molecule has 5 rings (SSSR count). The van der Waals surface area contributed by atoms with Gasteiger partial charge in [0.2, 0.25) is 0 Å². The van der Waals surface area contributed by atoms with Crippen molar-refractivity contribution in [1.29, 1.82) is 0 Å². The van der Waals surface area contributed by atoms with Crippen molar-refractivity contribution in [3.8, 4) is 0 Å². The Labute approximate surface area is 260 Å². The van der Waals surface area contributed by atoms with Crippen LogP contribution in [0, 0.1) is 39.9 Å². The highest BCUT2D eigenvalue weighted by Crippen LogP contribution is 2.72. The van der Waals surface area contributed by atoms with Crippen molar-refractivity contribution >= 4 is 5.71 Å². The summed E-state index contributed by atoms with van der Waals surface area (Å²) >= 11 is 0. The van der Waals surface area contributed by atoms with E-state index in [9.17, 15) is 0 Å². The fraction of sp³-hybridized carbons (Fsp3) is 0.921. The molecule has 0 bridgehead atoms. The standard InChI is InChI=1S/C38H68N4/c1-28-17-19-37(5)31(27-28)13-14-35-34-16-15-33(36(34,4)20-21-38(35,37)6)30(3)40-22-18-29(2)42(32-11-9-10-12-32)26-24-39-23-25-41(7)8/h27-29,32-35,39H,9-26H2,1-8H3/t28?,29?,33-,34?,35+,36-,37?,38+/m1/s1. The molecule has 0 aliphatic heterocycles. The summed E-state index contributed by atoms with van der Waals surface area (Å²) in [5.41, 5.74) is 4.70. The number of aliphatic imine (C=N–C) groups is 1. The Kier molecular flexibility index (Phi) is 10.4. The normalized spacial score (nSPS) is 39.8. The van der Waals surface area contributed by atoms with Gasteiger partial charge in [-0.2, -0.15) is 0 Å². The summed E-state index contributed by atoms with van der Waals surface area (Å²) in [6.07, 6.45) is 20.8. The van der Waals surface area contributed by atoms with Crippen LogP contribution in [0.3, 0.4) is 0 Å². The van der Waals surface area contributed by atoms with Gasteiger partial charge in [-0.05, 0) is 133 Å². The molecule has 0 amide bonds. The molecule has 5 aliphatic rings. The van der Waals surface area contributed by atoms with Gasteiger partial charge < -0.3 is 10.2 Å². The molecule has 4 nitrogen and oxygen atoms in total. The Bertz CT molecular complexity index is 964. The first-order chi connectivity index (χ1) is 20.0. The minimum Gasteiger partial charge on any atom is -0.314 e. The number of hydrogen-bond donors (Lipinski definition) is 1. The molecule has 42 heavy (non-hydrogen) atoms. The summed E-state index contributed by atoms with van der Waals surface area (Å²) in [7, 11) is 4.32. The molecular formula is C38H68N4. The average molecular weight is 581 g/mol. The molecule has 240 valence electrons. The Balaban J connectivity index is 1.19. The third-order valence-electron chi connectivity index (χ3n) is 14.2. The lowest BCUT2D eigenvalue weighted by Gasteiger charge is -2.65. The third kappa shape index (κ3) is 6.21. The van der Waals surface area contributed by atoms with E-state index in [-0.39, 0.29) is 0 Å². The largest absolute Gasteiger partial charge is 0.314 e. The van der Waals surface area contributed by atoms with Crippen molar-refractivity contribution in [3.05, 3.63) is 11.6 Å². The molecular weight excluding hydrogens is 512 g/mol. The highest BCUT2D eigenvalue weighted by molar-refractivity contribution is 5.85. The number of rotatable bonds is 12. The van der Waals surface area contributed by atoms with Crippen molar-refractivity contribution in [1.82, 2.24) is 15.1 Å². The maximum atomic E-state index is 5.39. The zero-order chi connectivity index (χ0) is 30.1. The van der Waals surface area contributed by atoms with E-state index in [1.165, 1.54) is 95.7 Å². The molecule has 4 saturated carbocycles. The second-order valence-corrected chi connectivity index (χ2v) is 16.7. The maximum absolute atomic E-state index is 5.39. The van der Waals surface area contributed by atoms with Crippen LogP contribution in [0.15, 0.2) is 16.6 Å². The van der Waals surface area contributed by atoms with E-state index < -0.39 is 0 Å². The smallest absolute Gasteiger partial charge is 0.0403 e. The first-order valence-electron chi connectivity index (χ1n) is 18.3. The Morgan fingerprint density at radius 3 is 2.43 bits per heavy atom. The van der Waals surface area contributed by atoms with Gasteiger partial charge in [0, 0.05) is 56.4 Å². The predicted octanol–water partition coefficient (Wildman–Crippen LogP) is 8.23. The van der Waals surface area contributed by atoms with Crippen LogP contribution < -0.4 is 5.32 Å². The SMILES string of the molecule is CC(=NCCC(C)N(CCNCCN(C)C)C1CCCC1)[C@H]1CCC2[C@@H]3CCC4=CC(C)CCC4(C)[C@@]3(C)CC[C@@]21C. The predicted molar refractivity (Wildman–Crippen MR) is 181 cm³/mol. The van der Waals surface area contributed by atoms with Gasteiger partial charge in [-0.1, -0.05) is 52.2 Å². The molecule has 1 N–H and O–H groups in total. The zero-order valence-electron chi connectivity index (χ0n) is 29.1. The molecule has 0 aromatic carbocycles. The van der Waals surface area contributed by atoms with Gasteiger partial charge in [0.05, 0.1) is 0 Å². The molecule has 8 atom stereocenters. The molecule has 5 aliphatic carbocycles. The fourth-order valence-electron chi connectivity index (χ4n) is 11.3. The first kappa shape index (κ1) is 32.7. The molecule has 0 aromatic rings.